The van der Waals surface area contributed by atoms with E-state index in [1.54, 1.807) is 7.11 Å². The topological polar surface area (TPSA) is 39.1 Å². The number of nitrogens with zero attached hydrogens (tertiary/aromatic N) is 2. The lowest BCUT2D eigenvalue weighted by atomic mass is 9.87. The van der Waals surface area contributed by atoms with Crippen LogP contribution in [-0.2, 0) is 4.74 Å². The Morgan fingerprint density at radius 3 is 2.80 bits per heavy atom. The summed E-state index contributed by atoms with van der Waals surface area (Å²) < 4.78 is 7.36. The number of methoxy groups -OCH3 is 1. The second-order valence-electron chi connectivity index (χ2n) is 6.44. The highest BCUT2D eigenvalue weighted by atomic mass is 16.5. The number of aromatic nitrogens is 2. The van der Waals surface area contributed by atoms with Crippen LogP contribution in [0.5, 0.6) is 0 Å². The first-order chi connectivity index (χ1) is 9.50. The molecule has 0 aliphatic carbocycles. The van der Waals surface area contributed by atoms with Crippen LogP contribution in [0.25, 0.3) is 0 Å². The molecule has 0 saturated heterocycles. The lowest BCUT2D eigenvalue weighted by molar-refractivity contribution is 0.163. The fourth-order valence-corrected chi connectivity index (χ4v) is 2.39. The zero-order valence-corrected chi connectivity index (χ0v) is 13.8. The molecule has 0 bridgehead atoms. The van der Waals surface area contributed by atoms with Crippen molar-refractivity contribution in [3.05, 3.63) is 12.4 Å². The van der Waals surface area contributed by atoms with Gasteiger partial charge in [0.05, 0.1) is 12.6 Å². The molecule has 1 rings (SSSR count). The van der Waals surface area contributed by atoms with Crippen molar-refractivity contribution < 1.29 is 4.74 Å². The summed E-state index contributed by atoms with van der Waals surface area (Å²) in [6.45, 7) is 10.7. The molecule has 0 saturated carbocycles. The van der Waals surface area contributed by atoms with Gasteiger partial charge in [0.2, 0.25) is 5.95 Å². The Balaban J connectivity index is 2.50. The minimum atomic E-state index is 0.299. The molecule has 0 radical (unpaired) electrons. The van der Waals surface area contributed by atoms with Gasteiger partial charge in [-0.15, -0.1) is 0 Å². The maximum Gasteiger partial charge on any atom is 0.203 e. The van der Waals surface area contributed by atoms with Gasteiger partial charge >= 0.3 is 0 Å². The Kier molecular flexibility index (Phi) is 7.06. The van der Waals surface area contributed by atoms with Gasteiger partial charge in [0.15, 0.2) is 0 Å². The predicted octanol–water partition coefficient (Wildman–Crippen LogP) is 4.11. The molecule has 0 amide bonds. The Labute approximate surface area is 123 Å². The number of nitrogens with one attached hydrogen (secondary N) is 1. The van der Waals surface area contributed by atoms with E-state index in [4.69, 9.17) is 4.74 Å². The molecule has 0 fully saturated rings. The van der Waals surface area contributed by atoms with Crippen molar-refractivity contribution >= 4 is 5.95 Å². The molecule has 116 valence electrons. The summed E-state index contributed by atoms with van der Waals surface area (Å²) in [6, 6.07) is 0.299. The SMILES string of the molecule is CCCCCC(C)(C)CNc1nccn1C(C)COC. The molecule has 20 heavy (non-hydrogen) atoms. The average Bonchev–Trinajstić information content (AvgIpc) is 2.85. The van der Waals surface area contributed by atoms with Crippen molar-refractivity contribution in [3.63, 3.8) is 0 Å². The van der Waals surface area contributed by atoms with Crippen molar-refractivity contribution in [2.45, 2.75) is 59.4 Å². The van der Waals surface area contributed by atoms with Crippen molar-refractivity contribution in [1.82, 2.24) is 9.55 Å². The van der Waals surface area contributed by atoms with Crippen LogP contribution in [0.15, 0.2) is 12.4 Å². The molecule has 1 N–H and O–H groups in total. The molecule has 0 aliphatic heterocycles. The third kappa shape index (κ3) is 5.53. The molecule has 0 aromatic carbocycles. The van der Waals surface area contributed by atoms with E-state index < -0.39 is 0 Å². The smallest absolute Gasteiger partial charge is 0.203 e. The number of hydrogen-bond acceptors (Lipinski definition) is 3. The van der Waals surface area contributed by atoms with Crippen LogP contribution >= 0.6 is 0 Å². The highest BCUT2D eigenvalue weighted by Gasteiger charge is 2.18. The van der Waals surface area contributed by atoms with Crippen LogP contribution in [0.4, 0.5) is 5.95 Å². The van der Waals surface area contributed by atoms with Crippen LogP contribution in [0.1, 0.15) is 59.4 Å². The lowest BCUT2D eigenvalue weighted by Crippen LogP contribution is -2.25. The number of rotatable bonds is 10. The lowest BCUT2D eigenvalue weighted by Gasteiger charge is -2.26. The third-order valence-corrected chi connectivity index (χ3v) is 3.73. The second kappa shape index (κ2) is 8.30. The molecule has 1 unspecified atom stereocenters. The molecule has 0 aliphatic rings. The number of hydrogen-bond donors (Lipinski definition) is 1. The standard InChI is InChI=1S/C16H31N3O/c1-6-7-8-9-16(3,4)13-18-15-17-10-11-19(15)14(2)12-20-5/h10-11,14H,6-9,12-13H2,1-5H3,(H,17,18). The average molecular weight is 281 g/mol. The van der Waals surface area contributed by atoms with E-state index >= 15 is 0 Å². The van der Waals surface area contributed by atoms with E-state index in [0.29, 0.717) is 18.1 Å². The van der Waals surface area contributed by atoms with Crippen LogP contribution in [0, 0.1) is 5.41 Å². The van der Waals surface area contributed by atoms with E-state index in [-0.39, 0.29) is 0 Å². The number of ether oxygens (including phenoxy) is 1. The summed E-state index contributed by atoms with van der Waals surface area (Å²) in [5, 5.41) is 3.50. The minimum Gasteiger partial charge on any atom is -0.383 e. The van der Waals surface area contributed by atoms with E-state index in [2.05, 4.69) is 42.6 Å². The minimum absolute atomic E-state index is 0.299. The van der Waals surface area contributed by atoms with Gasteiger partial charge < -0.3 is 14.6 Å². The maximum atomic E-state index is 5.22. The summed E-state index contributed by atoms with van der Waals surface area (Å²) >= 11 is 0. The van der Waals surface area contributed by atoms with Gasteiger partial charge in [0.1, 0.15) is 0 Å². The van der Waals surface area contributed by atoms with Crippen LogP contribution < -0.4 is 5.32 Å². The Morgan fingerprint density at radius 2 is 2.15 bits per heavy atom. The summed E-state index contributed by atoms with van der Waals surface area (Å²) in [5.74, 6) is 0.943. The largest absolute Gasteiger partial charge is 0.383 e. The quantitative estimate of drug-likeness (QED) is 0.656. The Morgan fingerprint density at radius 1 is 1.40 bits per heavy atom. The van der Waals surface area contributed by atoms with Crippen molar-refractivity contribution in [1.29, 1.82) is 0 Å². The first-order valence-electron chi connectivity index (χ1n) is 7.76. The van der Waals surface area contributed by atoms with Crippen molar-refractivity contribution in [2.24, 2.45) is 5.41 Å². The third-order valence-electron chi connectivity index (χ3n) is 3.73. The number of imidazole rings is 1. The summed E-state index contributed by atoms with van der Waals surface area (Å²) in [6.07, 6.45) is 9.02. The van der Waals surface area contributed by atoms with E-state index in [9.17, 15) is 0 Å². The summed E-state index contributed by atoms with van der Waals surface area (Å²) in [5.41, 5.74) is 0.302. The van der Waals surface area contributed by atoms with Gasteiger partial charge in [0.25, 0.3) is 0 Å². The molecular weight excluding hydrogens is 250 g/mol. The van der Waals surface area contributed by atoms with Crippen LogP contribution in [0.2, 0.25) is 0 Å². The van der Waals surface area contributed by atoms with Crippen molar-refractivity contribution in [2.75, 3.05) is 25.6 Å². The highest BCUT2D eigenvalue weighted by molar-refractivity contribution is 5.27. The summed E-state index contributed by atoms with van der Waals surface area (Å²) in [7, 11) is 1.73. The molecule has 1 atom stereocenters. The van der Waals surface area contributed by atoms with Gasteiger partial charge in [-0.25, -0.2) is 4.98 Å². The first-order valence-corrected chi connectivity index (χ1v) is 7.76. The highest BCUT2D eigenvalue weighted by Crippen LogP contribution is 2.24. The number of anilines is 1. The Bertz CT molecular complexity index is 374. The number of unbranched alkanes of at least 4 members (excludes halogenated alkanes) is 2. The van der Waals surface area contributed by atoms with Gasteiger partial charge in [-0.3, -0.25) is 0 Å². The van der Waals surface area contributed by atoms with E-state index in [1.165, 1.54) is 25.7 Å². The van der Waals surface area contributed by atoms with Gasteiger partial charge in [0, 0.05) is 26.0 Å². The predicted molar refractivity (Wildman–Crippen MR) is 85.2 cm³/mol. The Hall–Kier alpha value is -1.03. The zero-order chi connectivity index (χ0) is 15.0. The molecule has 1 heterocycles. The fraction of sp³-hybridized carbons (Fsp3) is 0.812. The second-order valence-corrected chi connectivity index (χ2v) is 6.44. The molecule has 4 heteroatoms. The van der Waals surface area contributed by atoms with Gasteiger partial charge in [-0.1, -0.05) is 40.0 Å². The van der Waals surface area contributed by atoms with Crippen LogP contribution in [0.3, 0.4) is 0 Å². The van der Waals surface area contributed by atoms with Crippen LogP contribution in [-0.4, -0.2) is 29.8 Å². The van der Waals surface area contributed by atoms with E-state index in [1.807, 2.05) is 12.4 Å². The fourth-order valence-electron chi connectivity index (χ4n) is 2.39. The molecule has 1 aromatic heterocycles. The molecular formula is C16H31N3O. The zero-order valence-electron chi connectivity index (χ0n) is 13.8. The monoisotopic (exact) mass is 281 g/mol. The van der Waals surface area contributed by atoms with Gasteiger partial charge in [-0.05, 0) is 18.8 Å². The molecule has 1 aromatic rings. The van der Waals surface area contributed by atoms with Crippen molar-refractivity contribution in [3.8, 4) is 0 Å². The maximum absolute atomic E-state index is 5.22. The van der Waals surface area contributed by atoms with E-state index in [0.717, 1.165) is 12.5 Å². The molecule has 4 nitrogen and oxygen atoms in total. The van der Waals surface area contributed by atoms with Gasteiger partial charge in [-0.2, -0.15) is 0 Å². The summed E-state index contributed by atoms with van der Waals surface area (Å²) in [4.78, 5) is 4.42. The normalized spacial score (nSPS) is 13.4. The first kappa shape index (κ1) is 17.0. The molecule has 0 spiro atoms.